The number of nitrogens with one attached hydrogen (secondary N) is 1. The summed E-state index contributed by atoms with van der Waals surface area (Å²) in [6, 6.07) is 1.86. The molecule has 11 heteroatoms. The lowest BCUT2D eigenvalue weighted by molar-refractivity contribution is 0.0600. The summed E-state index contributed by atoms with van der Waals surface area (Å²) in [7, 11) is -3.15. The van der Waals surface area contributed by atoms with Crippen molar-refractivity contribution in [3.8, 4) is 0 Å². The third-order valence-electron chi connectivity index (χ3n) is 3.30. The van der Waals surface area contributed by atoms with Gasteiger partial charge in [0.05, 0.1) is 17.1 Å². The van der Waals surface area contributed by atoms with Gasteiger partial charge in [-0.2, -0.15) is 4.98 Å². The summed E-state index contributed by atoms with van der Waals surface area (Å²) >= 11 is 2.86. The number of ether oxygens (including phenoxy) is 1. The van der Waals surface area contributed by atoms with Gasteiger partial charge in [0, 0.05) is 5.92 Å². The van der Waals surface area contributed by atoms with Crippen LogP contribution < -0.4 is 4.72 Å². The minimum atomic E-state index is -4.25. The lowest BCUT2D eigenvalue weighted by Gasteiger charge is -2.09. The molecule has 0 spiro atoms. The van der Waals surface area contributed by atoms with E-state index in [9.17, 15) is 17.6 Å². The molecule has 1 aromatic heterocycles. The van der Waals surface area contributed by atoms with Gasteiger partial charge >= 0.3 is 5.97 Å². The lowest BCUT2D eigenvalue weighted by Crippen LogP contribution is -2.16. The van der Waals surface area contributed by atoms with Crippen molar-refractivity contribution in [2.24, 2.45) is 0 Å². The highest BCUT2D eigenvalue weighted by molar-refractivity contribution is 9.10. The molecule has 1 saturated carbocycles. The van der Waals surface area contributed by atoms with Crippen LogP contribution in [0.5, 0.6) is 0 Å². The van der Waals surface area contributed by atoms with Gasteiger partial charge in [-0.05, 0) is 46.1 Å². The SMILES string of the molecule is COC(=O)c1cc(F)c(Br)c(S(=O)(=O)Nc2noc(C3CC3)n2)c1. The molecular weight excluding hydrogens is 409 g/mol. The molecule has 1 N–H and O–H groups in total. The van der Waals surface area contributed by atoms with Crippen LogP contribution in [-0.4, -0.2) is 31.6 Å². The summed E-state index contributed by atoms with van der Waals surface area (Å²) in [5, 5.41) is 3.54. The minimum absolute atomic E-state index is 0.155. The van der Waals surface area contributed by atoms with Crippen molar-refractivity contribution in [1.82, 2.24) is 10.1 Å². The quantitative estimate of drug-likeness (QED) is 0.740. The Kier molecular flexibility index (Phi) is 4.30. The molecule has 0 unspecified atom stereocenters. The van der Waals surface area contributed by atoms with Gasteiger partial charge in [0.1, 0.15) is 10.7 Å². The number of aromatic nitrogens is 2. The molecule has 1 aliphatic rings. The summed E-state index contributed by atoms with van der Waals surface area (Å²) in [6.07, 6.45) is 1.82. The molecule has 0 bridgehead atoms. The van der Waals surface area contributed by atoms with E-state index in [4.69, 9.17) is 4.52 Å². The number of benzene rings is 1. The number of anilines is 1. The molecule has 1 heterocycles. The summed E-state index contributed by atoms with van der Waals surface area (Å²) in [4.78, 5) is 15.0. The predicted octanol–water partition coefficient (Wildman–Crippen LogP) is 2.44. The fourth-order valence-electron chi connectivity index (χ4n) is 1.94. The zero-order valence-electron chi connectivity index (χ0n) is 12.2. The van der Waals surface area contributed by atoms with E-state index >= 15 is 0 Å². The molecule has 0 radical (unpaired) electrons. The third-order valence-corrected chi connectivity index (χ3v) is 5.72. The van der Waals surface area contributed by atoms with Gasteiger partial charge in [0.25, 0.3) is 16.0 Å². The Hall–Kier alpha value is -2.01. The molecule has 3 rings (SSSR count). The Labute approximate surface area is 144 Å². The summed E-state index contributed by atoms with van der Waals surface area (Å²) in [6.45, 7) is 0. The Morgan fingerprint density at radius 1 is 1.46 bits per heavy atom. The normalized spacial score (nSPS) is 14.5. The van der Waals surface area contributed by atoms with Crippen molar-refractivity contribution in [2.75, 3.05) is 11.8 Å². The number of halogens is 2. The molecule has 24 heavy (non-hydrogen) atoms. The van der Waals surface area contributed by atoms with E-state index in [0.29, 0.717) is 5.89 Å². The summed E-state index contributed by atoms with van der Waals surface area (Å²) in [5.41, 5.74) is -0.245. The van der Waals surface area contributed by atoms with E-state index in [2.05, 4.69) is 35.5 Å². The maximum Gasteiger partial charge on any atom is 0.337 e. The van der Waals surface area contributed by atoms with Crippen LogP contribution in [0, 0.1) is 5.82 Å². The van der Waals surface area contributed by atoms with Crippen molar-refractivity contribution in [3.63, 3.8) is 0 Å². The van der Waals surface area contributed by atoms with Gasteiger partial charge in [-0.25, -0.2) is 22.3 Å². The molecule has 0 atom stereocenters. The molecule has 8 nitrogen and oxygen atoms in total. The maximum atomic E-state index is 13.9. The highest BCUT2D eigenvalue weighted by Gasteiger charge is 2.31. The van der Waals surface area contributed by atoms with Gasteiger partial charge in [-0.1, -0.05) is 0 Å². The van der Waals surface area contributed by atoms with Crippen LogP contribution in [0.1, 0.15) is 35.0 Å². The van der Waals surface area contributed by atoms with Crippen molar-refractivity contribution in [1.29, 1.82) is 0 Å². The number of rotatable bonds is 5. The smallest absolute Gasteiger partial charge is 0.337 e. The first-order valence-corrected chi connectivity index (χ1v) is 9.03. The van der Waals surface area contributed by atoms with E-state index in [-0.39, 0.29) is 21.9 Å². The van der Waals surface area contributed by atoms with E-state index < -0.39 is 26.7 Å². The zero-order valence-corrected chi connectivity index (χ0v) is 14.6. The fraction of sp³-hybridized carbons (Fsp3) is 0.308. The van der Waals surface area contributed by atoms with Crippen LogP contribution in [0.2, 0.25) is 0 Å². The third kappa shape index (κ3) is 3.26. The number of methoxy groups -OCH3 is 1. The molecule has 0 aliphatic heterocycles. The van der Waals surface area contributed by atoms with Crippen LogP contribution in [0.25, 0.3) is 0 Å². The Bertz CT molecular complexity index is 910. The highest BCUT2D eigenvalue weighted by Crippen LogP contribution is 2.39. The van der Waals surface area contributed by atoms with Crippen molar-refractivity contribution in [3.05, 3.63) is 33.9 Å². The van der Waals surface area contributed by atoms with Gasteiger partial charge in [-0.15, -0.1) is 0 Å². The second-order valence-electron chi connectivity index (χ2n) is 5.10. The monoisotopic (exact) mass is 419 g/mol. The van der Waals surface area contributed by atoms with Crippen molar-refractivity contribution in [2.45, 2.75) is 23.7 Å². The standard InChI is InChI=1S/C13H11BrFN3O5S/c1-22-12(19)7-4-8(15)10(14)9(5-7)24(20,21)18-13-16-11(23-17-13)6-2-3-6/h4-6H,2-3H2,1H3,(H,17,18). The average molecular weight is 420 g/mol. The largest absolute Gasteiger partial charge is 0.465 e. The van der Waals surface area contributed by atoms with Crippen LogP contribution >= 0.6 is 15.9 Å². The van der Waals surface area contributed by atoms with E-state index in [1.807, 2.05) is 0 Å². The Balaban J connectivity index is 1.95. The number of hydrogen-bond acceptors (Lipinski definition) is 7. The van der Waals surface area contributed by atoms with Crippen molar-refractivity contribution >= 4 is 37.9 Å². The highest BCUT2D eigenvalue weighted by atomic mass is 79.9. The minimum Gasteiger partial charge on any atom is -0.465 e. The number of sulfonamides is 1. The second kappa shape index (κ2) is 6.13. The molecule has 128 valence electrons. The van der Waals surface area contributed by atoms with Gasteiger partial charge in [0.2, 0.25) is 5.89 Å². The van der Waals surface area contributed by atoms with Gasteiger partial charge in [0.15, 0.2) is 0 Å². The number of esters is 1. The number of carbonyl (C=O) groups excluding carboxylic acids is 1. The first-order valence-electron chi connectivity index (χ1n) is 6.75. The van der Waals surface area contributed by atoms with Gasteiger partial charge < -0.3 is 9.26 Å². The molecule has 1 fully saturated rings. The molecule has 0 saturated heterocycles. The van der Waals surface area contributed by atoms with E-state index in [1.165, 1.54) is 0 Å². The Morgan fingerprint density at radius 3 is 2.79 bits per heavy atom. The van der Waals surface area contributed by atoms with Crippen LogP contribution in [0.3, 0.4) is 0 Å². The molecular formula is C13H11BrFN3O5S. The summed E-state index contributed by atoms with van der Waals surface area (Å²) < 4.78 is 50.0. The van der Waals surface area contributed by atoms with Gasteiger partial charge in [-0.3, -0.25) is 0 Å². The van der Waals surface area contributed by atoms with Crippen LogP contribution in [-0.2, 0) is 14.8 Å². The summed E-state index contributed by atoms with van der Waals surface area (Å²) in [5.74, 6) is -1.55. The molecule has 1 aliphatic carbocycles. The number of hydrogen-bond donors (Lipinski definition) is 1. The Morgan fingerprint density at radius 2 is 2.17 bits per heavy atom. The first kappa shape index (κ1) is 16.8. The van der Waals surface area contributed by atoms with E-state index in [1.54, 1.807) is 0 Å². The number of carbonyl (C=O) groups is 1. The van der Waals surface area contributed by atoms with Crippen molar-refractivity contribution < 1.29 is 26.9 Å². The average Bonchev–Trinajstić information content (AvgIpc) is 3.29. The molecule has 0 amide bonds. The zero-order chi connectivity index (χ0) is 17.5. The van der Waals surface area contributed by atoms with E-state index in [0.717, 1.165) is 32.1 Å². The fourth-order valence-corrected chi connectivity index (χ4v) is 3.86. The lowest BCUT2D eigenvalue weighted by atomic mass is 10.2. The molecule has 1 aromatic carbocycles. The maximum absolute atomic E-state index is 13.9. The number of nitrogens with zero attached hydrogens (tertiary/aromatic N) is 2. The van der Waals surface area contributed by atoms with Crippen LogP contribution in [0.4, 0.5) is 10.3 Å². The topological polar surface area (TPSA) is 111 Å². The predicted molar refractivity (Wildman–Crippen MR) is 82.5 cm³/mol. The second-order valence-corrected chi connectivity index (χ2v) is 7.54. The van der Waals surface area contributed by atoms with Crippen LogP contribution in [0.15, 0.2) is 26.0 Å². The molecule has 2 aromatic rings. The first-order chi connectivity index (χ1) is 11.3.